The van der Waals surface area contributed by atoms with E-state index in [2.05, 4.69) is 0 Å². The Balaban J connectivity index is 0. The topological polar surface area (TPSA) is 77.8 Å². The van der Waals surface area contributed by atoms with E-state index in [1.807, 2.05) is 27.7 Å². The maximum absolute atomic E-state index is 10.8. The van der Waals surface area contributed by atoms with E-state index in [-0.39, 0.29) is 18.9 Å². The summed E-state index contributed by atoms with van der Waals surface area (Å²) in [6, 6.07) is -0.629. The maximum atomic E-state index is 10.8. The zero-order valence-corrected chi connectivity index (χ0v) is 10.7. The van der Waals surface area contributed by atoms with Crippen molar-refractivity contribution in [3.8, 4) is 0 Å². The molecular formula is C11H23NO4. The highest BCUT2D eigenvalue weighted by Crippen LogP contribution is 2.09. The summed E-state index contributed by atoms with van der Waals surface area (Å²) in [5.41, 5.74) is 0. The van der Waals surface area contributed by atoms with Crippen molar-refractivity contribution in [1.29, 1.82) is 0 Å². The van der Waals surface area contributed by atoms with Gasteiger partial charge in [0.2, 0.25) is 0 Å². The second-order valence-corrected chi connectivity index (χ2v) is 3.55. The van der Waals surface area contributed by atoms with Crippen LogP contribution < -0.4 is 0 Å². The molecule has 0 aromatic rings. The molecule has 96 valence electrons. The molecule has 0 aromatic heterocycles. The van der Waals surface area contributed by atoms with Crippen LogP contribution in [0.1, 0.15) is 40.5 Å². The van der Waals surface area contributed by atoms with E-state index in [4.69, 9.17) is 10.2 Å². The van der Waals surface area contributed by atoms with Gasteiger partial charge in [-0.3, -0.25) is 14.5 Å². The SMILES string of the molecule is CC.CC(C)N(C)C(CCC(=O)O)C(=O)O. The van der Waals surface area contributed by atoms with Gasteiger partial charge in [0.25, 0.3) is 0 Å². The Hall–Kier alpha value is -1.10. The lowest BCUT2D eigenvalue weighted by Gasteiger charge is -2.27. The summed E-state index contributed by atoms with van der Waals surface area (Å²) in [5, 5.41) is 17.3. The summed E-state index contributed by atoms with van der Waals surface area (Å²) in [6.45, 7) is 7.74. The Kier molecular flexibility index (Phi) is 9.89. The van der Waals surface area contributed by atoms with Crippen LogP contribution in [0.3, 0.4) is 0 Å². The maximum Gasteiger partial charge on any atom is 0.320 e. The van der Waals surface area contributed by atoms with Crippen LogP contribution in [0.2, 0.25) is 0 Å². The summed E-state index contributed by atoms with van der Waals surface area (Å²) < 4.78 is 0. The zero-order chi connectivity index (χ0) is 13.3. The van der Waals surface area contributed by atoms with Gasteiger partial charge in [0.05, 0.1) is 0 Å². The van der Waals surface area contributed by atoms with Crippen molar-refractivity contribution in [2.24, 2.45) is 0 Å². The Morgan fingerprint density at radius 2 is 1.62 bits per heavy atom. The van der Waals surface area contributed by atoms with Gasteiger partial charge in [0, 0.05) is 12.5 Å². The molecule has 0 aromatic carbocycles. The highest BCUT2D eigenvalue weighted by atomic mass is 16.4. The Bertz CT molecular complexity index is 216. The summed E-state index contributed by atoms with van der Waals surface area (Å²) >= 11 is 0. The monoisotopic (exact) mass is 233 g/mol. The molecule has 5 heteroatoms. The quantitative estimate of drug-likeness (QED) is 0.729. The molecular weight excluding hydrogens is 210 g/mol. The first-order chi connectivity index (χ1) is 7.36. The molecule has 0 bridgehead atoms. The third-order valence-electron chi connectivity index (χ3n) is 2.22. The number of carboxylic acids is 2. The minimum Gasteiger partial charge on any atom is -0.481 e. The highest BCUT2D eigenvalue weighted by molar-refractivity contribution is 5.75. The molecule has 0 radical (unpaired) electrons. The van der Waals surface area contributed by atoms with Gasteiger partial charge < -0.3 is 10.2 Å². The van der Waals surface area contributed by atoms with Crippen molar-refractivity contribution >= 4 is 11.9 Å². The summed E-state index contributed by atoms with van der Waals surface area (Å²) in [7, 11) is 1.69. The van der Waals surface area contributed by atoms with Crippen LogP contribution in [-0.2, 0) is 9.59 Å². The van der Waals surface area contributed by atoms with E-state index in [0.29, 0.717) is 0 Å². The number of carboxylic acid groups (broad SMARTS) is 2. The largest absolute Gasteiger partial charge is 0.481 e. The number of likely N-dealkylation sites (N-methyl/N-ethyl adjacent to an activating group) is 1. The van der Waals surface area contributed by atoms with Gasteiger partial charge in [-0.25, -0.2) is 0 Å². The van der Waals surface area contributed by atoms with Crippen LogP contribution in [0.15, 0.2) is 0 Å². The predicted molar refractivity (Wildman–Crippen MR) is 62.5 cm³/mol. The third-order valence-corrected chi connectivity index (χ3v) is 2.22. The molecule has 0 saturated heterocycles. The molecule has 0 aliphatic carbocycles. The molecule has 1 unspecified atom stereocenters. The molecule has 2 N–H and O–H groups in total. The minimum atomic E-state index is -0.970. The first-order valence-electron chi connectivity index (χ1n) is 5.52. The summed E-state index contributed by atoms with van der Waals surface area (Å²) in [5.74, 6) is -1.93. The second kappa shape index (κ2) is 9.15. The minimum absolute atomic E-state index is 0.0879. The van der Waals surface area contributed by atoms with Gasteiger partial charge in [-0.2, -0.15) is 0 Å². The number of hydrogen-bond acceptors (Lipinski definition) is 3. The van der Waals surface area contributed by atoms with Crippen molar-refractivity contribution < 1.29 is 19.8 Å². The number of carbonyl (C=O) groups is 2. The molecule has 0 rings (SSSR count). The zero-order valence-electron chi connectivity index (χ0n) is 10.7. The van der Waals surface area contributed by atoms with Gasteiger partial charge in [-0.05, 0) is 27.3 Å². The van der Waals surface area contributed by atoms with Gasteiger partial charge in [-0.1, -0.05) is 13.8 Å². The lowest BCUT2D eigenvalue weighted by atomic mass is 10.1. The Morgan fingerprint density at radius 3 is 1.88 bits per heavy atom. The van der Waals surface area contributed by atoms with Gasteiger partial charge in [-0.15, -0.1) is 0 Å². The van der Waals surface area contributed by atoms with Gasteiger partial charge in [0.15, 0.2) is 0 Å². The normalized spacial score (nSPS) is 11.9. The van der Waals surface area contributed by atoms with Crippen molar-refractivity contribution in [2.45, 2.75) is 52.6 Å². The Labute approximate surface area is 97.1 Å². The van der Waals surface area contributed by atoms with Crippen molar-refractivity contribution in [3.63, 3.8) is 0 Å². The van der Waals surface area contributed by atoms with Crippen LogP contribution >= 0.6 is 0 Å². The molecule has 16 heavy (non-hydrogen) atoms. The van der Waals surface area contributed by atoms with E-state index in [1.54, 1.807) is 11.9 Å². The van der Waals surface area contributed by atoms with E-state index in [9.17, 15) is 9.59 Å². The first-order valence-corrected chi connectivity index (χ1v) is 5.52. The molecule has 0 aliphatic heterocycles. The lowest BCUT2D eigenvalue weighted by molar-refractivity contribution is -0.144. The summed E-state index contributed by atoms with van der Waals surface area (Å²) in [6.07, 6.45) is 0.0212. The van der Waals surface area contributed by atoms with E-state index < -0.39 is 18.0 Å². The van der Waals surface area contributed by atoms with Crippen LogP contribution in [0.5, 0.6) is 0 Å². The van der Waals surface area contributed by atoms with Crippen LogP contribution in [0, 0.1) is 0 Å². The van der Waals surface area contributed by atoms with Crippen molar-refractivity contribution in [1.82, 2.24) is 4.90 Å². The number of hydrogen-bond donors (Lipinski definition) is 2. The smallest absolute Gasteiger partial charge is 0.320 e. The first kappa shape index (κ1) is 17.3. The fourth-order valence-electron chi connectivity index (χ4n) is 1.12. The predicted octanol–water partition coefficient (Wildman–Crippen LogP) is 1.67. The lowest BCUT2D eigenvalue weighted by Crippen LogP contribution is -2.42. The molecule has 1 atom stereocenters. The molecule has 0 heterocycles. The number of rotatable bonds is 6. The van der Waals surface area contributed by atoms with Crippen molar-refractivity contribution in [3.05, 3.63) is 0 Å². The molecule has 0 amide bonds. The Morgan fingerprint density at radius 1 is 1.19 bits per heavy atom. The van der Waals surface area contributed by atoms with Crippen LogP contribution in [0.25, 0.3) is 0 Å². The number of aliphatic carboxylic acids is 2. The van der Waals surface area contributed by atoms with Crippen LogP contribution in [0.4, 0.5) is 0 Å². The fraction of sp³-hybridized carbons (Fsp3) is 0.818. The van der Waals surface area contributed by atoms with Crippen molar-refractivity contribution in [2.75, 3.05) is 7.05 Å². The molecule has 0 aliphatic rings. The van der Waals surface area contributed by atoms with Crippen LogP contribution in [-0.4, -0.2) is 46.2 Å². The molecule has 0 spiro atoms. The highest BCUT2D eigenvalue weighted by Gasteiger charge is 2.24. The summed E-state index contributed by atoms with van der Waals surface area (Å²) in [4.78, 5) is 22.8. The molecule has 0 fully saturated rings. The van der Waals surface area contributed by atoms with Gasteiger partial charge in [0.1, 0.15) is 6.04 Å². The third kappa shape index (κ3) is 7.23. The van der Waals surface area contributed by atoms with E-state index >= 15 is 0 Å². The number of nitrogens with zero attached hydrogens (tertiary/aromatic N) is 1. The van der Waals surface area contributed by atoms with E-state index in [1.165, 1.54) is 0 Å². The fourth-order valence-corrected chi connectivity index (χ4v) is 1.12. The molecule has 0 saturated carbocycles. The average molecular weight is 233 g/mol. The average Bonchev–Trinajstić information content (AvgIpc) is 2.19. The molecule has 5 nitrogen and oxygen atoms in total. The van der Waals surface area contributed by atoms with Gasteiger partial charge >= 0.3 is 11.9 Å². The standard InChI is InChI=1S/C9H17NO4.C2H6/c1-6(2)10(3)7(9(13)14)4-5-8(11)12;1-2/h6-7H,4-5H2,1-3H3,(H,11,12)(H,13,14);1-2H3. The van der Waals surface area contributed by atoms with E-state index in [0.717, 1.165) is 0 Å². The second-order valence-electron chi connectivity index (χ2n) is 3.55.